The molecular weight excluding hydrogens is 181 g/mol. The van der Waals surface area contributed by atoms with Gasteiger partial charge in [0.1, 0.15) is 11.9 Å². The van der Waals surface area contributed by atoms with Gasteiger partial charge in [0, 0.05) is 0 Å². The van der Waals surface area contributed by atoms with E-state index in [2.05, 4.69) is 0 Å². The standard InChI is InChI=1S/C8H7ClFNO/c9-5-1-4(7-3-12-7)2-6(10)8(5)11/h1-2,7H,3,11H2. The fourth-order valence-corrected chi connectivity index (χ4v) is 1.25. The SMILES string of the molecule is Nc1c(F)cc(C2CO2)cc1Cl. The highest BCUT2D eigenvalue weighted by atomic mass is 35.5. The Morgan fingerprint density at radius 3 is 2.75 bits per heavy atom. The largest absolute Gasteiger partial charge is 0.395 e. The predicted molar refractivity (Wildman–Crippen MR) is 44.5 cm³/mol. The first-order chi connectivity index (χ1) is 5.68. The minimum atomic E-state index is -0.479. The van der Waals surface area contributed by atoms with Crippen LogP contribution in [0.25, 0.3) is 0 Å². The molecule has 1 unspecified atom stereocenters. The van der Waals surface area contributed by atoms with Crippen LogP contribution in [0.2, 0.25) is 5.02 Å². The van der Waals surface area contributed by atoms with Gasteiger partial charge in [0.15, 0.2) is 0 Å². The lowest BCUT2D eigenvalue weighted by molar-refractivity contribution is 0.415. The lowest BCUT2D eigenvalue weighted by atomic mass is 10.1. The van der Waals surface area contributed by atoms with Crippen molar-refractivity contribution in [1.29, 1.82) is 0 Å². The molecule has 1 fully saturated rings. The van der Waals surface area contributed by atoms with Crippen molar-refractivity contribution in [3.63, 3.8) is 0 Å². The van der Waals surface area contributed by atoms with E-state index in [-0.39, 0.29) is 16.8 Å². The zero-order chi connectivity index (χ0) is 8.72. The van der Waals surface area contributed by atoms with Crippen LogP contribution in [0.15, 0.2) is 12.1 Å². The summed E-state index contributed by atoms with van der Waals surface area (Å²) in [5, 5.41) is 0.250. The Bertz CT molecular complexity index is 302. The molecule has 2 N–H and O–H groups in total. The summed E-state index contributed by atoms with van der Waals surface area (Å²) in [5.41, 5.74) is 6.08. The number of benzene rings is 1. The summed E-state index contributed by atoms with van der Waals surface area (Å²) in [6.45, 7) is 0.639. The number of ether oxygens (including phenoxy) is 1. The number of nitrogens with two attached hydrogens (primary N) is 1. The summed E-state index contributed by atoms with van der Waals surface area (Å²) in [7, 11) is 0. The minimum Gasteiger partial charge on any atom is -0.395 e. The van der Waals surface area contributed by atoms with Crippen LogP contribution in [0.4, 0.5) is 10.1 Å². The number of halogens is 2. The number of nitrogen functional groups attached to an aromatic ring is 1. The van der Waals surface area contributed by atoms with Crippen molar-refractivity contribution in [3.05, 3.63) is 28.5 Å². The molecule has 4 heteroatoms. The van der Waals surface area contributed by atoms with Gasteiger partial charge >= 0.3 is 0 Å². The van der Waals surface area contributed by atoms with Crippen LogP contribution in [0, 0.1) is 5.82 Å². The van der Waals surface area contributed by atoms with Crippen molar-refractivity contribution < 1.29 is 9.13 Å². The van der Waals surface area contributed by atoms with Crippen LogP contribution in [0.3, 0.4) is 0 Å². The van der Waals surface area contributed by atoms with Crippen LogP contribution in [-0.2, 0) is 4.74 Å². The molecule has 0 saturated carbocycles. The maximum atomic E-state index is 13.0. The first-order valence-corrected chi connectivity index (χ1v) is 3.92. The van der Waals surface area contributed by atoms with Crippen molar-refractivity contribution >= 4 is 17.3 Å². The summed E-state index contributed by atoms with van der Waals surface area (Å²) in [4.78, 5) is 0. The van der Waals surface area contributed by atoms with Gasteiger partial charge in [-0.3, -0.25) is 0 Å². The molecule has 0 spiro atoms. The van der Waals surface area contributed by atoms with Crippen LogP contribution >= 0.6 is 11.6 Å². The third-order valence-corrected chi connectivity index (χ3v) is 2.12. The molecule has 0 bridgehead atoms. The molecule has 1 aliphatic heterocycles. The first-order valence-electron chi connectivity index (χ1n) is 3.54. The van der Waals surface area contributed by atoms with Crippen molar-refractivity contribution in [2.75, 3.05) is 12.3 Å². The van der Waals surface area contributed by atoms with E-state index in [1.165, 1.54) is 6.07 Å². The lowest BCUT2D eigenvalue weighted by Gasteiger charge is -2.02. The third kappa shape index (κ3) is 1.26. The van der Waals surface area contributed by atoms with E-state index in [1.54, 1.807) is 6.07 Å². The number of hydrogen-bond donors (Lipinski definition) is 1. The van der Waals surface area contributed by atoms with E-state index in [0.717, 1.165) is 5.56 Å². The molecule has 0 aromatic heterocycles. The van der Waals surface area contributed by atoms with Crippen molar-refractivity contribution in [3.8, 4) is 0 Å². The fraction of sp³-hybridized carbons (Fsp3) is 0.250. The molecule has 2 rings (SSSR count). The maximum Gasteiger partial charge on any atom is 0.147 e. The minimum absolute atomic E-state index is 0.000988. The Morgan fingerprint density at radius 1 is 1.58 bits per heavy atom. The fourth-order valence-electron chi connectivity index (χ4n) is 1.03. The van der Waals surface area contributed by atoms with E-state index in [9.17, 15) is 4.39 Å². The zero-order valence-electron chi connectivity index (χ0n) is 6.18. The van der Waals surface area contributed by atoms with E-state index in [0.29, 0.717) is 6.61 Å². The predicted octanol–water partition coefficient (Wildman–Crippen LogP) is 2.13. The summed E-state index contributed by atoms with van der Waals surface area (Å²) in [6.07, 6.45) is 0.0117. The zero-order valence-corrected chi connectivity index (χ0v) is 6.94. The highest BCUT2D eigenvalue weighted by Crippen LogP contribution is 2.34. The van der Waals surface area contributed by atoms with Gasteiger partial charge in [-0.1, -0.05) is 11.6 Å². The second kappa shape index (κ2) is 2.61. The van der Waals surface area contributed by atoms with E-state index in [1.807, 2.05) is 0 Å². The van der Waals surface area contributed by atoms with Gasteiger partial charge in [0.25, 0.3) is 0 Å². The molecule has 1 aromatic carbocycles. The maximum absolute atomic E-state index is 13.0. The Morgan fingerprint density at radius 2 is 2.25 bits per heavy atom. The van der Waals surface area contributed by atoms with Gasteiger partial charge in [-0.25, -0.2) is 4.39 Å². The Labute approximate surface area is 74.1 Å². The monoisotopic (exact) mass is 187 g/mol. The molecule has 1 saturated heterocycles. The molecule has 12 heavy (non-hydrogen) atoms. The molecule has 2 nitrogen and oxygen atoms in total. The second-order valence-corrected chi connectivity index (χ2v) is 3.13. The molecule has 0 aliphatic carbocycles. The summed E-state index contributed by atoms with van der Waals surface area (Å²) in [6, 6.07) is 3.00. The Kier molecular flexibility index (Phi) is 1.70. The van der Waals surface area contributed by atoms with Gasteiger partial charge in [0.05, 0.1) is 17.3 Å². The highest BCUT2D eigenvalue weighted by molar-refractivity contribution is 6.33. The number of hydrogen-bond acceptors (Lipinski definition) is 2. The molecular formula is C8H7ClFNO. The van der Waals surface area contributed by atoms with Gasteiger partial charge in [-0.2, -0.15) is 0 Å². The van der Waals surface area contributed by atoms with E-state index >= 15 is 0 Å². The number of epoxide rings is 1. The lowest BCUT2D eigenvalue weighted by Crippen LogP contribution is -1.93. The third-order valence-electron chi connectivity index (χ3n) is 1.81. The van der Waals surface area contributed by atoms with Gasteiger partial charge in [-0.05, 0) is 17.7 Å². The number of anilines is 1. The van der Waals surface area contributed by atoms with Crippen LogP contribution in [0.1, 0.15) is 11.7 Å². The topological polar surface area (TPSA) is 38.5 Å². The van der Waals surface area contributed by atoms with Crippen LogP contribution < -0.4 is 5.73 Å². The molecule has 1 aromatic rings. The van der Waals surface area contributed by atoms with Crippen molar-refractivity contribution in [2.45, 2.75) is 6.10 Å². The molecule has 0 amide bonds. The molecule has 1 atom stereocenters. The van der Waals surface area contributed by atoms with Gasteiger partial charge < -0.3 is 10.5 Å². The second-order valence-electron chi connectivity index (χ2n) is 2.72. The summed E-state index contributed by atoms with van der Waals surface area (Å²) in [5.74, 6) is -0.479. The first kappa shape index (κ1) is 7.83. The summed E-state index contributed by atoms with van der Waals surface area (Å²) >= 11 is 5.67. The van der Waals surface area contributed by atoms with Gasteiger partial charge in [0.2, 0.25) is 0 Å². The smallest absolute Gasteiger partial charge is 0.147 e. The molecule has 0 radical (unpaired) electrons. The normalized spacial score (nSPS) is 21.0. The quantitative estimate of drug-likeness (QED) is 0.540. The number of rotatable bonds is 1. The molecule has 1 heterocycles. The Balaban J connectivity index is 2.45. The average molecular weight is 188 g/mol. The van der Waals surface area contributed by atoms with Gasteiger partial charge in [-0.15, -0.1) is 0 Å². The summed E-state index contributed by atoms with van der Waals surface area (Å²) < 4.78 is 17.9. The van der Waals surface area contributed by atoms with E-state index in [4.69, 9.17) is 22.1 Å². The average Bonchev–Trinajstić information content (AvgIpc) is 2.81. The highest BCUT2D eigenvalue weighted by Gasteiger charge is 2.26. The Hall–Kier alpha value is -0.800. The van der Waals surface area contributed by atoms with Crippen molar-refractivity contribution in [2.24, 2.45) is 0 Å². The van der Waals surface area contributed by atoms with Crippen LogP contribution in [-0.4, -0.2) is 6.61 Å². The van der Waals surface area contributed by atoms with Crippen LogP contribution in [0.5, 0.6) is 0 Å². The van der Waals surface area contributed by atoms with E-state index < -0.39 is 5.82 Å². The molecule has 64 valence electrons. The van der Waals surface area contributed by atoms with Crippen molar-refractivity contribution in [1.82, 2.24) is 0 Å². The molecule has 1 aliphatic rings.